The molecule has 39 heavy (non-hydrogen) atoms. The summed E-state index contributed by atoms with van der Waals surface area (Å²) in [5.74, 6) is 1.60. The summed E-state index contributed by atoms with van der Waals surface area (Å²) in [4.78, 5) is 27.2. The zero-order valence-electron chi connectivity index (χ0n) is 23.3. The number of nitrogens with zero attached hydrogens (tertiary/aromatic N) is 4. The van der Waals surface area contributed by atoms with Gasteiger partial charge in [0, 0.05) is 43.7 Å². The molecule has 4 heterocycles. The number of carbonyl (C=O) groups is 1. The van der Waals surface area contributed by atoms with Gasteiger partial charge in [0.15, 0.2) is 5.82 Å². The lowest BCUT2D eigenvalue weighted by molar-refractivity contribution is -0.131. The first kappa shape index (κ1) is 26.7. The van der Waals surface area contributed by atoms with Crippen molar-refractivity contribution >= 4 is 17.3 Å². The van der Waals surface area contributed by atoms with Gasteiger partial charge in [-0.3, -0.25) is 15.1 Å². The maximum absolute atomic E-state index is 13.0. The molecule has 3 saturated heterocycles. The molecule has 1 aromatic heterocycles. The quantitative estimate of drug-likeness (QED) is 0.469. The Bertz CT molecular complexity index is 1170. The molecule has 4 fully saturated rings. The number of likely N-dealkylation sites (N-methyl/N-ethyl adjacent to an activating group) is 1. The van der Waals surface area contributed by atoms with Gasteiger partial charge in [0.2, 0.25) is 5.88 Å². The predicted octanol–water partition coefficient (Wildman–Crippen LogP) is 3.01. The van der Waals surface area contributed by atoms with E-state index in [9.17, 15) is 9.90 Å². The fourth-order valence-electron chi connectivity index (χ4n) is 7.32. The Labute approximate surface area is 230 Å². The van der Waals surface area contributed by atoms with Crippen LogP contribution in [0.4, 0.5) is 5.82 Å². The maximum Gasteiger partial charge on any atom is 0.219 e. The topological polar surface area (TPSA) is 124 Å². The van der Waals surface area contributed by atoms with Crippen LogP contribution in [0.15, 0.2) is 17.4 Å². The van der Waals surface area contributed by atoms with Crippen molar-refractivity contribution in [1.29, 1.82) is 5.41 Å². The fraction of sp³-hybridized carbons (Fsp3) is 0.724. The number of carbonyl (C=O) groups excluding carboxylic acids is 1. The molecule has 3 N–H and O–H groups in total. The fourth-order valence-corrected chi connectivity index (χ4v) is 7.32. The molecule has 0 bridgehead atoms. The summed E-state index contributed by atoms with van der Waals surface area (Å²) >= 11 is 0. The summed E-state index contributed by atoms with van der Waals surface area (Å²) < 4.78 is 11.9. The van der Waals surface area contributed by atoms with Gasteiger partial charge < -0.3 is 24.8 Å². The van der Waals surface area contributed by atoms with E-state index in [1.165, 1.54) is 0 Å². The lowest BCUT2D eigenvalue weighted by Crippen LogP contribution is -2.70. The molecule has 0 aromatic carbocycles. The van der Waals surface area contributed by atoms with Crippen LogP contribution in [0.3, 0.4) is 0 Å². The van der Waals surface area contributed by atoms with Crippen molar-refractivity contribution in [3.63, 3.8) is 0 Å². The summed E-state index contributed by atoms with van der Waals surface area (Å²) in [6.45, 7) is 6.82. The van der Waals surface area contributed by atoms with Crippen molar-refractivity contribution < 1.29 is 19.4 Å². The van der Waals surface area contributed by atoms with E-state index >= 15 is 0 Å². The van der Waals surface area contributed by atoms with Gasteiger partial charge in [-0.25, -0.2) is 4.98 Å². The van der Waals surface area contributed by atoms with E-state index in [4.69, 9.17) is 24.9 Å². The first-order chi connectivity index (χ1) is 18.8. The summed E-state index contributed by atoms with van der Waals surface area (Å²) in [6.07, 6.45) is 7.07. The van der Waals surface area contributed by atoms with Crippen LogP contribution in [0.25, 0.3) is 0 Å². The number of aliphatic hydroxyl groups is 1. The number of rotatable bonds is 6. The first-order valence-electron chi connectivity index (χ1n) is 14.7. The van der Waals surface area contributed by atoms with Gasteiger partial charge in [-0.05, 0) is 65.5 Å². The number of nitrogens with one attached hydrogen (secondary N) is 2. The monoisotopic (exact) mass is 538 g/mol. The highest BCUT2D eigenvalue weighted by Gasteiger charge is 2.47. The third kappa shape index (κ3) is 4.85. The number of allylic oxidation sites excluding steroid dienone is 2. The zero-order chi connectivity index (χ0) is 27.2. The number of ketones is 1. The van der Waals surface area contributed by atoms with Crippen molar-refractivity contribution in [2.45, 2.75) is 82.4 Å². The van der Waals surface area contributed by atoms with E-state index in [0.29, 0.717) is 56.4 Å². The Morgan fingerprint density at radius 2 is 2.03 bits per heavy atom. The molecule has 3 aliphatic heterocycles. The molecule has 10 heteroatoms. The molecule has 1 saturated carbocycles. The average molecular weight is 539 g/mol. The van der Waals surface area contributed by atoms with Crippen LogP contribution in [0.1, 0.15) is 70.5 Å². The number of hydrogen-bond acceptors (Lipinski definition) is 10. The van der Waals surface area contributed by atoms with E-state index in [2.05, 4.69) is 29.1 Å². The second-order valence-electron chi connectivity index (χ2n) is 12.3. The van der Waals surface area contributed by atoms with Crippen LogP contribution in [0.5, 0.6) is 5.88 Å². The molecule has 0 radical (unpaired) electrons. The van der Waals surface area contributed by atoms with Crippen molar-refractivity contribution in [2.75, 3.05) is 51.3 Å². The third-order valence-corrected chi connectivity index (χ3v) is 9.66. The number of likely N-dealkylation sites (tertiary alicyclic amines) is 1. The van der Waals surface area contributed by atoms with Gasteiger partial charge in [0.25, 0.3) is 0 Å². The molecule has 5 aliphatic rings. The lowest BCUT2D eigenvalue weighted by atomic mass is 9.64. The molecule has 3 atom stereocenters. The van der Waals surface area contributed by atoms with E-state index < -0.39 is 5.41 Å². The number of ether oxygens (including phenoxy) is 2. The Morgan fingerprint density at radius 1 is 1.21 bits per heavy atom. The molecule has 1 aromatic rings. The SMILES string of the molecule is C[C@H](Oc1cc(N2CCNC3(COC3)C2)nc(C(=N)C2=C(O)[C@]3(CCCCC3=O)CCC2)n1)[C@@H]1CCCN1C. The molecule has 2 spiro atoms. The van der Waals surface area contributed by atoms with Crippen LogP contribution in [0.2, 0.25) is 0 Å². The van der Waals surface area contributed by atoms with Gasteiger partial charge in [-0.1, -0.05) is 6.42 Å². The minimum Gasteiger partial charge on any atom is -0.511 e. The summed E-state index contributed by atoms with van der Waals surface area (Å²) in [6, 6.07) is 2.20. The molecule has 6 rings (SSSR count). The van der Waals surface area contributed by atoms with Gasteiger partial charge in [0.05, 0.1) is 24.2 Å². The van der Waals surface area contributed by atoms with Crippen LogP contribution in [0, 0.1) is 10.8 Å². The van der Waals surface area contributed by atoms with Crippen molar-refractivity contribution in [1.82, 2.24) is 20.2 Å². The van der Waals surface area contributed by atoms with Crippen molar-refractivity contribution in [3.8, 4) is 5.88 Å². The van der Waals surface area contributed by atoms with E-state index in [0.717, 1.165) is 64.1 Å². The van der Waals surface area contributed by atoms with E-state index in [-0.39, 0.29) is 34.7 Å². The largest absolute Gasteiger partial charge is 0.511 e. The summed E-state index contributed by atoms with van der Waals surface area (Å²) in [7, 11) is 2.13. The summed E-state index contributed by atoms with van der Waals surface area (Å²) in [5, 5.41) is 24.2. The smallest absolute Gasteiger partial charge is 0.219 e. The van der Waals surface area contributed by atoms with E-state index in [1.54, 1.807) is 0 Å². The highest BCUT2D eigenvalue weighted by atomic mass is 16.5. The standard InChI is InChI=1S/C29H42N6O4/c1-19(21-8-6-13-34(21)2)39-24-15-23(35-14-12-31-28(16-35)17-38-18-28)32-27(33-24)25(30)20-7-5-11-29(26(20)37)10-4-3-9-22(29)36/h15,19,21,30-31,37H,3-14,16-18H2,1-2H3/t19-,21-,29+/m0/s1. The molecule has 0 amide bonds. The molecular formula is C29H42N6O4. The Morgan fingerprint density at radius 3 is 2.74 bits per heavy atom. The van der Waals surface area contributed by atoms with Crippen LogP contribution in [-0.2, 0) is 9.53 Å². The highest BCUT2D eigenvalue weighted by molar-refractivity contribution is 6.09. The number of piperazine rings is 1. The molecular weight excluding hydrogens is 496 g/mol. The molecule has 2 aliphatic carbocycles. The average Bonchev–Trinajstić information content (AvgIpc) is 3.36. The maximum atomic E-state index is 13.0. The van der Waals surface area contributed by atoms with Gasteiger partial charge in [0.1, 0.15) is 29.2 Å². The lowest BCUT2D eigenvalue weighted by Gasteiger charge is -2.49. The Kier molecular flexibility index (Phi) is 7.14. The zero-order valence-corrected chi connectivity index (χ0v) is 23.3. The second kappa shape index (κ2) is 10.4. The van der Waals surface area contributed by atoms with Crippen LogP contribution >= 0.6 is 0 Å². The van der Waals surface area contributed by atoms with Crippen molar-refractivity contribution in [3.05, 3.63) is 23.2 Å². The number of hydrogen-bond donors (Lipinski definition) is 3. The molecule has 10 nitrogen and oxygen atoms in total. The number of aromatic nitrogens is 2. The molecule has 212 valence electrons. The third-order valence-electron chi connectivity index (χ3n) is 9.66. The normalized spacial score (nSPS) is 30.1. The second-order valence-corrected chi connectivity index (χ2v) is 12.3. The van der Waals surface area contributed by atoms with Gasteiger partial charge in [-0.2, -0.15) is 4.98 Å². The number of aliphatic hydroxyl groups excluding tert-OH is 1. The van der Waals surface area contributed by atoms with Crippen molar-refractivity contribution in [2.24, 2.45) is 5.41 Å². The minimum atomic E-state index is -0.841. The number of anilines is 1. The Hall–Kier alpha value is -2.56. The van der Waals surface area contributed by atoms with Gasteiger partial charge >= 0.3 is 0 Å². The van der Waals surface area contributed by atoms with Crippen LogP contribution in [-0.4, -0.2) is 95.6 Å². The van der Waals surface area contributed by atoms with Crippen LogP contribution < -0.4 is 15.0 Å². The number of Topliss-reactive ketones (excluding diaryl/α,β-unsaturated/α-hetero) is 1. The first-order valence-corrected chi connectivity index (χ1v) is 14.7. The van der Waals surface area contributed by atoms with E-state index in [1.807, 2.05) is 6.07 Å². The predicted molar refractivity (Wildman–Crippen MR) is 148 cm³/mol. The minimum absolute atomic E-state index is 0.0675. The summed E-state index contributed by atoms with van der Waals surface area (Å²) in [5.41, 5.74) is -0.312. The highest BCUT2D eigenvalue weighted by Crippen LogP contribution is 2.48. The molecule has 0 unspecified atom stereocenters. The van der Waals surface area contributed by atoms with Gasteiger partial charge in [-0.15, -0.1) is 0 Å². The Balaban J connectivity index is 1.34.